The van der Waals surface area contributed by atoms with Gasteiger partial charge in [0.1, 0.15) is 11.5 Å². The van der Waals surface area contributed by atoms with Crippen LogP contribution in [-0.2, 0) is 27.8 Å². The number of nitrogens with zero attached hydrogens (tertiary/aromatic N) is 6. The van der Waals surface area contributed by atoms with Crippen molar-refractivity contribution in [2.45, 2.75) is 43.6 Å². The summed E-state index contributed by atoms with van der Waals surface area (Å²) in [6.45, 7) is -0.0556. The van der Waals surface area contributed by atoms with Gasteiger partial charge in [-0.2, -0.15) is 10.2 Å². The summed E-state index contributed by atoms with van der Waals surface area (Å²) in [5, 5.41) is 30.9. The van der Waals surface area contributed by atoms with Gasteiger partial charge >= 0.3 is 17.7 Å². The largest absolute Gasteiger partial charge is 0.468 e. The fourth-order valence-corrected chi connectivity index (χ4v) is 5.99. The summed E-state index contributed by atoms with van der Waals surface area (Å²) in [4.78, 5) is 47.4. The molecule has 39 heavy (non-hydrogen) atoms. The number of piperazine rings is 1. The summed E-state index contributed by atoms with van der Waals surface area (Å²) in [5.74, 6) is -1.58. The maximum absolute atomic E-state index is 14.5. The summed E-state index contributed by atoms with van der Waals surface area (Å²) < 4.78 is 19.6. The molecule has 15 heteroatoms. The lowest BCUT2D eigenvalue weighted by molar-refractivity contribution is -0.385. The minimum absolute atomic E-state index is 0.0347. The smallest absolute Gasteiger partial charge is 0.407 e. The van der Waals surface area contributed by atoms with Crippen molar-refractivity contribution in [3.05, 3.63) is 55.2 Å². The zero-order valence-corrected chi connectivity index (χ0v) is 22.2. The number of rotatable bonds is 6. The number of esters is 1. The first-order valence-electron chi connectivity index (χ1n) is 11.9. The van der Waals surface area contributed by atoms with Gasteiger partial charge in [0.15, 0.2) is 0 Å². The summed E-state index contributed by atoms with van der Waals surface area (Å²) in [6.07, 6.45) is -0.583. The van der Waals surface area contributed by atoms with Crippen LogP contribution in [0.4, 0.5) is 20.7 Å². The van der Waals surface area contributed by atoms with E-state index in [1.54, 1.807) is 0 Å². The third-order valence-electron chi connectivity index (χ3n) is 7.20. The average Bonchev–Trinajstić information content (AvgIpc) is 2.88. The lowest BCUT2D eigenvalue weighted by Gasteiger charge is -2.39. The number of fused-ring (bicyclic) bond motifs is 1. The van der Waals surface area contributed by atoms with Gasteiger partial charge in [0, 0.05) is 31.1 Å². The van der Waals surface area contributed by atoms with Gasteiger partial charge in [0.25, 0.3) is 0 Å². The third-order valence-corrected chi connectivity index (χ3v) is 7.71. The molecule has 0 spiro atoms. The summed E-state index contributed by atoms with van der Waals surface area (Å²) >= 11 is 12.5. The van der Waals surface area contributed by atoms with Gasteiger partial charge in [-0.05, 0) is 54.1 Å². The third kappa shape index (κ3) is 5.26. The van der Waals surface area contributed by atoms with Crippen LogP contribution in [0.2, 0.25) is 10.3 Å². The standard InChI is InChI=1S/C24H23Cl2FN6O6/c1-39-21(34)24(5-2-3-15-16(24)9-13(27)10-17(15)25)11-18-19(33(37)38)20(30-22(26)29-18)31-7-8-32(23(35)36)14(12-31)4-6-28/h9-10,14H,2-5,7-8,11-12H2,1H3,(H,35,36)/t14-,24?/m0/s1. The number of benzene rings is 1. The molecular weight excluding hydrogens is 558 g/mol. The van der Waals surface area contributed by atoms with Gasteiger partial charge < -0.3 is 19.6 Å². The van der Waals surface area contributed by atoms with E-state index in [2.05, 4.69) is 9.97 Å². The Balaban J connectivity index is 1.85. The molecule has 0 radical (unpaired) electrons. The molecule has 1 unspecified atom stereocenters. The van der Waals surface area contributed by atoms with Crippen molar-refractivity contribution < 1.29 is 28.7 Å². The highest BCUT2D eigenvalue weighted by molar-refractivity contribution is 6.31. The number of aromatic nitrogens is 2. The highest BCUT2D eigenvalue weighted by Crippen LogP contribution is 2.45. The number of ether oxygens (including phenoxy) is 1. The van der Waals surface area contributed by atoms with E-state index in [1.807, 2.05) is 6.07 Å². The number of hydrogen-bond donors (Lipinski definition) is 1. The van der Waals surface area contributed by atoms with Crippen LogP contribution in [0.25, 0.3) is 0 Å². The Morgan fingerprint density at radius 1 is 1.36 bits per heavy atom. The van der Waals surface area contributed by atoms with Crippen LogP contribution in [0.3, 0.4) is 0 Å². The molecule has 2 heterocycles. The number of amides is 1. The van der Waals surface area contributed by atoms with Crippen LogP contribution in [0, 0.1) is 27.3 Å². The molecule has 4 rings (SSSR count). The number of methoxy groups -OCH3 is 1. The Bertz CT molecular complexity index is 1390. The van der Waals surface area contributed by atoms with Crippen LogP contribution in [0.15, 0.2) is 12.1 Å². The van der Waals surface area contributed by atoms with Crippen molar-refractivity contribution in [1.29, 1.82) is 5.26 Å². The zero-order valence-electron chi connectivity index (χ0n) is 20.7. The molecule has 1 aromatic heterocycles. The fourth-order valence-electron chi connectivity index (χ4n) is 5.50. The van der Waals surface area contributed by atoms with Gasteiger partial charge in [-0.3, -0.25) is 14.9 Å². The Hall–Kier alpha value is -3.76. The molecule has 2 aromatic rings. The first-order valence-corrected chi connectivity index (χ1v) is 12.7. The lowest BCUT2D eigenvalue weighted by atomic mass is 9.67. The van der Waals surface area contributed by atoms with E-state index < -0.39 is 39.9 Å². The van der Waals surface area contributed by atoms with Gasteiger partial charge in [0.2, 0.25) is 11.1 Å². The summed E-state index contributed by atoms with van der Waals surface area (Å²) in [5.41, 5.74) is -1.44. The van der Waals surface area contributed by atoms with E-state index >= 15 is 0 Å². The second-order valence-corrected chi connectivity index (χ2v) is 10.1. The molecule has 1 aliphatic heterocycles. The normalized spacial score (nSPS) is 20.6. The number of carbonyl (C=O) groups excluding carboxylic acids is 1. The lowest BCUT2D eigenvalue weighted by Crippen LogP contribution is -2.55. The van der Waals surface area contributed by atoms with Crippen molar-refractivity contribution in [2.75, 3.05) is 31.6 Å². The number of halogens is 3. The Morgan fingerprint density at radius 3 is 2.74 bits per heavy atom. The SMILES string of the molecule is COC(=O)C1(Cc2nc(Cl)nc(N3CCN(C(=O)O)[C@@H](CC#N)C3)c2[N+](=O)[O-])CCCc2c(Cl)cc(F)cc21. The molecule has 0 bridgehead atoms. The maximum Gasteiger partial charge on any atom is 0.407 e. The van der Waals surface area contributed by atoms with Crippen molar-refractivity contribution in [3.8, 4) is 6.07 Å². The number of nitriles is 1. The first kappa shape index (κ1) is 28.3. The topological polar surface area (TPSA) is 163 Å². The fraction of sp³-hybridized carbons (Fsp3) is 0.458. The molecule has 1 N–H and O–H groups in total. The molecule has 2 atom stereocenters. The second kappa shape index (κ2) is 11.2. The molecule has 1 aliphatic carbocycles. The van der Waals surface area contributed by atoms with Crippen LogP contribution in [0.1, 0.15) is 36.1 Å². The second-order valence-electron chi connectivity index (χ2n) is 9.32. The van der Waals surface area contributed by atoms with Gasteiger partial charge in [-0.1, -0.05) is 11.6 Å². The molecule has 1 saturated heterocycles. The molecule has 1 aromatic carbocycles. The van der Waals surface area contributed by atoms with Gasteiger partial charge in [-0.15, -0.1) is 0 Å². The van der Waals surface area contributed by atoms with E-state index in [-0.39, 0.29) is 66.3 Å². The number of carbonyl (C=O) groups is 2. The highest BCUT2D eigenvalue weighted by atomic mass is 35.5. The van der Waals surface area contributed by atoms with Crippen molar-refractivity contribution in [1.82, 2.24) is 14.9 Å². The quantitative estimate of drug-likeness (QED) is 0.229. The van der Waals surface area contributed by atoms with Crippen LogP contribution < -0.4 is 4.90 Å². The molecule has 206 valence electrons. The minimum Gasteiger partial charge on any atom is -0.468 e. The Labute approximate surface area is 232 Å². The maximum atomic E-state index is 14.5. The van der Waals surface area contributed by atoms with E-state index in [4.69, 9.17) is 27.9 Å². The van der Waals surface area contributed by atoms with Gasteiger partial charge in [-0.25, -0.2) is 14.2 Å². The Morgan fingerprint density at radius 2 is 2.10 bits per heavy atom. The number of carboxylic acid groups (broad SMARTS) is 1. The predicted octanol–water partition coefficient (Wildman–Crippen LogP) is 3.90. The zero-order chi connectivity index (χ0) is 28.5. The summed E-state index contributed by atoms with van der Waals surface area (Å²) in [6, 6.07) is 3.49. The van der Waals surface area contributed by atoms with Crippen LogP contribution in [0.5, 0.6) is 0 Å². The molecule has 12 nitrogen and oxygen atoms in total. The number of nitro groups is 1. The number of anilines is 1. The van der Waals surface area contributed by atoms with E-state index in [9.17, 15) is 34.5 Å². The van der Waals surface area contributed by atoms with Crippen LogP contribution in [-0.4, -0.2) is 69.7 Å². The molecular formula is C24H23Cl2FN6O6. The van der Waals surface area contributed by atoms with Crippen molar-refractivity contribution >= 4 is 46.8 Å². The van der Waals surface area contributed by atoms with E-state index in [0.717, 1.165) is 11.0 Å². The number of hydrogen-bond acceptors (Lipinski definition) is 9. The van der Waals surface area contributed by atoms with E-state index in [0.29, 0.717) is 18.4 Å². The minimum atomic E-state index is -1.54. The van der Waals surface area contributed by atoms with Crippen LogP contribution >= 0.6 is 23.2 Å². The van der Waals surface area contributed by atoms with Crippen molar-refractivity contribution in [3.63, 3.8) is 0 Å². The first-order chi connectivity index (χ1) is 18.5. The monoisotopic (exact) mass is 580 g/mol. The summed E-state index contributed by atoms with van der Waals surface area (Å²) in [7, 11) is 1.17. The highest BCUT2D eigenvalue weighted by Gasteiger charge is 2.48. The Kier molecular flexibility index (Phi) is 8.08. The average molecular weight is 581 g/mol. The molecule has 0 saturated carbocycles. The van der Waals surface area contributed by atoms with E-state index in [1.165, 1.54) is 18.1 Å². The molecule has 2 aliphatic rings. The predicted molar refractivity (Wildman–Crippen MR) is 136 cm³/mol. The van der Waals surface area contributed by atoms with Crippen molar-refractivity contribution in [2.24, 2.45) is 0 Å². The van der Waals surface area contributed by atoms with Gasteiger partial charge in [0.05, 0.1) is 36.0 Å². The molecule has 1 fully saturated rings. The molecule has 1 amide bonds.